The largest absolute Gasteiger partial charge is 0.443 e. The molecule has 1 amide bonds. The van der Waals surface area contributed by atoms with Gasteiger partial charge in [-0.1, -0.05) is 18.1 Å². The number of benzene rings is 1. The highest BCUT2D eigenvalue weighted by Crippen LogP contribution is 2.42. The van der Waals surface area contributed by atoms with E-state index in [0.717, 1.165) is 6.07 Å². The van der Waals surface area contributed by atoms with Crippen molar-refractivity contribution >= 4 is 11.8 Å². The van der Waals surface area contributed by atoms with Crippen molar-refractivity contribution in [3.8, 4) is 0 Å². The summed E-state index contributed by atoms with van der Waals surface area (Å²) in [6, 6.07) is 1.74. The Morgan fingerprint density at radius 2 is 2.04 bits per heavy atom. The Bertz CT molecular complexity index is 765. The molecule has 0 radical (unpaired) electrons. The van der Waals surface area contributed by atoms with Gasteiger partial charge in [-0.2, -0.15) is 13.2 Å². The SMILES string of the molecule is CCc1cc2c(cc1C(F)(F)F)N(C(=O)OC(C)(C)C)CCCC2N=[N+]=[N-]. The van der Waals surface area contributed by atoms with E-state index in [9.17, 15) is 18.0 Å². The maximum absolute atomic E-state index is 13.5. The highest BCUT2D eigenvalue weighted by molar-refractivity contribution is 5.89. The summed E-state index contributed by atoms with van der Waals surface area (Å²) >= 11 is 0. The quantitative estimate of drug-likeness (QED) is 0.348. The van der Waals surface area contributed by atoms with E-state index in [-0.39, 0.29) is 24.2 Å². The molecular weight excluding hydrogens is 361 g/mol. The average molecular weight is 384 g/mol. The second kappa shape index (κ2) is 7.68. The van der Waals surface area contributed by atoms with Gasteiger partial charge in [0.05, 0.1) is 17.3 Å². The van der Waals surface area contributed by atoms with E-state index in [2.05, 4.69) is 10.0 Å². The summed E-state index contributed by atoms with van der Waals surface area (Å²) in [5.74, 6) is 0. The molecule has 0 bridgehead atoms. The molecule has 1 aliphatic rings. The van der Waals surface area contributed by atoms with Gasteiger partial charge in [-0.3, -0.25) is 4.90 Å². The lowest BCUT2D eigenvalue weighted by molar-refractivity contribution is -0.138. The number of azide groups is 1. The van der Waals surface area contributed by atoms with Crippen molar-refractivity contribution in [3.63, 3.8) is 0 Å². The highest BCUT2D eigenvalue weighted by atomic mass is 19.4. The molecule has 0 aromatic heterocycles. The molecule has 0 saturated heterocycles. The maximum Gasteiger partial charge on any atom is 0.416 e. The van der Waals surface area contributed by atoms with Crippen molar-refractivity contribution in [2.75, 3.05) is 11.4 Å². The number of ether oxygens (including phenoxy) is 1. The van der Waals surface area contributed by atoms with Crippen molar-refractivity contribution in [3.05, 3.63) is 39.3 Å². The van der Waals surface area contributed by atoms with E-state index in [1.54, 1.807) is 27.7 Å². The van der Waals surface area contributed by atoms with Crippen LogP contribution in [0, 0.1) is 0 Å². The number of halogens is 3. The zero-order valence-corrected chi connectivity index (χ0v) is 15.8. The summed E-state index contributed by atoms with van der Waals surface area (Å²) in [5.41, 5.74) is 7.87. The molecule has 1 heterocycles. The maximum atomic E-state index is 13.5. The first kappa shape index (κ1) is 20.9. The first-order valence-electron chi connectivity index (χ1n) is 8.76. The molecular formula is C18H23F3N4O2. The van der Waals surface area contributed by atoms with Crippen molar-refractivity contribution in [2.24, 2.45) is 5.11 Å². The number of alkyl halides is 3. The Balaban J connectivity index is 2.67. The monoisotopic (exact) mass is 384 g/mol. The van der Waals surface area contributed by atoms with Crippen LogP contribution in [0.3, 0.4) is 0 Å². The van der Waals surface area contributed by atoms with Crippen LogP contribution >= 0.6 is 0 Å². The molecule has 0 N–H and O–H groups in total. The van der Waals surface area contributed by atoms with Gasteiger partial charge < -0.3 is 4.74 Å². The van der Waals surface area contributed by atoms with E-state index < -0.39 is 29.5 Å². The van der Waals surface area contributed by atoms with Gasteiger partial charge in [0.2, 0.25) is 0 Å². The van der Waals surface area contributed by atoms with Gasteiger partial charge in [0, 0.05) is 11.5 Å². The Kier molecular flexibility index (Phi) is 5.94. The fourth-order valence-corrected chi connectivity index (χ4v) is 3.12. The van der Waals surface area contributed by atoms with Crippen molar-refractivity contribution in [1.82, 2.24) is 0 Å². The summed E-state index contributed by atoms with van der Waals surface area (Å²) in [4.78, 5) is 16.7. The van der Waals surface area contributed by atoms with Gasteiger partial charge in [-0.25, -0.2) is 4.79 Å². The van der Waals surface area contributed by atoms with Gasteiger partial charge in [0.25, 0.3) is 0 Å². The van der Waals surface area contributed by atoms with Crippen LogP contribution in [-0.2, 0) is 17.3 Å². The standard InChI is InChI=1S/C18H23F3N4O2/c1-5-11-9-12-14(23-24-22)7-6-8-25(16(26)27-17(2,3)4)15(12)10-13(11)18(19,20)21/h9-10,14H,5-8H2,1-4H3. The van der Waals surface area contributed by atoms with Crippen molar-refractivity contribution in [1.29, 1.82) is 0 Å². The summed E-state index contributed by atoms with van der Waals surface area (Å²) in [7, 11) is 0. The first-order chi connectivity index (χ1) is 12.5. The fraction of sp³-hybridized carbons (Fsp3) is 0.611. The second-order valence-electron chi connectivity index (χ2n) is 7.41. The smallest absolute Gasteiger partial charge is 0.416 e. The third-order valence-electron chi connectivity index (χ3n) is 4.25. The molecule has 1 atom stereocenters. The lowest BCUT2D eigenvalue weighted by atomic mass is 9.94. The van der Waals surface area contributed by atoms with Crippen LogP contribution in [0.4, 0.5) is 23.7 Å². The normalized spacial score (nSPS) is 17.6. The summed E-state index contributed by atoms with van der Waals surface area (Å²) < 4.78 is 46.0. The van der Waals surface area contributed by atoms with E-state index in [1.165, 1.54) is 11.0 Å². The van der Waals surface area contributed by atoms with Crippen LogP contribution in [0.25, 0.3) is 10.4 Å². The molecule has 1 aliphatic heterocycles. The Morgan fingerprint density at radius 3 is 2.56 bits per heavy atom. The van der Waals surface area contributed by atoms with Crippen LogP contribution in [0.1, 0.15) is 63.3 Å². The number of nitrogens with zero attached hydrogens (tertiary/aromatic N) is 4. The van der Waals surface area contributed by atoms with Crippen LogP contribution in [0.5, 0.6) is 0 Å². The topological polar surface area (TPSA) is 78.3 Å². The van der Waals surface area contributed by atoms with Crippen molar-refractivity contribution < 1.29 is 22.7 Å². The molecule has 0 fully saturated rings. The minimum absolute atomic E-state index is 0.0867. The van der Waals surface area contributed by atoms with Crippen molar-refractivity contribution in [2.45, 2.75) is 64.8 Å². The van der Waals surface area contributed by atoms with Crippen LogP contribution in [-0.4, -0.2) is 18.2 Å². The van der Waals surface area contributed by atoms with Gasteiger partial charge in [-0.05, 0) is 62.8 Å². The van der Waals surface area contributed by atoms with E-state index in [4.69, 9.17) is 10.3 Å². The minimum atomic E-state index is -4.56. The average Bonchev–Trinajstić information content (AvgIpc) is 2.71. The Labute approximate surface area is 155 Å². The number of hydrogen-bond acceptors (Lipinski definition) is 3. The molecule has 1 aromatic rings. The predicted molar refractivity (Wildman–Crippen MR) is 95.5 cm³/mol. The predicted octanol–water partition coefficient (Wildman–Crippen LogP) is 6.15. The lowest BCUT2D eigenvalue weighted by Crippen LogP contribution is -2.37. The van der Waals surface area contributed by atoms with E-state index in [1.807, 2.05) is 0 Å². The van der Waals surface area contributed by atoms with Crippen LogP contribution in [0.15, 0.2) is 17.2 Å². The molecule has 0 aliphatic carbocycles. The number of hydrogen-bond donors (Lipinski definition) is 0. The third-order valence-corrected chi connectivity index (χ3v) is 4.25. The zero-order valence-electron chi connectivity index (χ0n) is 15.8. The third kappa shape index (κ3) is 4.86. The molecule has 6 nitrogen and oxygen atoms in total. The van der Waals surface area contributed by atoms with Gasteiger partial charge in [0.15, 0.2) is 0 Å². The Hall–Kier alpha value is -2.41. The fourth-order valence-electron chi connectivity index (χ4n) is 3.12. The number of carbonyl (C=O) groups excluding carboxylic acids is 1. The number of rotatable bonds is 2. The van der Waals surface area contributed by atoms with Crippen LogP contribution < -0.4 is 4.90 Å². The Morgan fingerprint density at radius 1 is 1.37 bits per heavy atom. The summed E-state index contributed by atoms with van der Waals surface area (Å²) in [6.07, 6.45) is -4.20. The number of anilines is 1. The van der Waals surface area contributed by atoms with Crippen LogP contribution in [0.2, 0.25) is 0 Å². The summed E-state index contributed by atoms with van der Waals surface area (Å²) in [5, 5.41) is 3.74. The molecule has 1 aromatic carbocycles. The minimum Gasteiger partial charge on any atom is -0.443 e. The highest BCUT2D eigenvalue weighted by Gasteiger charge is 2.37. The van der Waals surface area contributed by atoms with E-state index in [0.29, 0.717) is 18.4 Å². The molecule has 2 rings (SSSR count). The number of amides is 1. The number of fused-ring (bicyclic) bond motifs is 1. The van der Waals surface area contributed by atoms with E-state index >= 15 is 0 Å². The number of aryl methyl sites for hydroxylation is 1. The molecule has 27 heavy (non-hydrogen) atoms. The van der Waals surface area contributed by atoms with Gasteiger partial charge in [0.1, 0.15) is 5.60 Å². The zero-order chi connectivity index (χ0) is 20.4. The molecule has 9 heteroatoms. The molecule has 0 saturated carbocycles. The molecule has 1 unspecified atom stereocenters. The molecule has 0 spiro atoms. The number of carbonyl (C=O) groups is 1. The summed E-state index contributed by atoms with van der Waals surface area (Å²) in [6.45, 7) is 6.87. The molecule has 148 valence electrons. The van der Waals surface area contributed by atoms with Gasteiger partial charge in [-0.15, -0.1) is 0 Å². The lowest BCUT2D eigenvalue weighted by Gasteiger charge is -2.29. The first-order valence-corrected chi connectivity index (χ1v) is 8.76. The second-order valence-corrected chi connectivity index (χ2v) is 7.41. The van der Waals surface area contributed by atoms with Gasteiger partial charge >= 0.3 is 12.3 Å².